The molecule has 0 saturated heterocycles. The minimum absolute atomic E-state index is 0.00420. The zero-order valence-electron chi connectivity index (χ0n) is 53.6. The van der Waals surface area contributed by atoms with Crippen LogP contribution < -0.4 is 26.0 Å². The van der Waals surface area contributed by atoms with Crippen molar-refractivity contribution in [3.63, 3.8) is 0 Å². The largest absolute Gasteiger partial charge is 0.508 e. The first-order chi connectivity index (χ1) is 47.5. The third kappa shape index (κ3) is 26.8. The highest BCUT2D eigenvalue weighted by atomic mass is 35.5. The number of aromatic nitrogens is 7. The number of nitrogens with one attached hydrogen (secondary N) is 4. The maximum absolute atomic E-state index is 12.3. The normalized spacial score (nSPS) is 10.9. The lowest BCUT2D eigenvalue weighted by atomic mass is 10.1. The lowest BCUT2D eigenvalue weighted by Gasteiger charge is -2.12. The molecule has 4 amide bonds. The second-order valence-electron chi connectivity index (χ2n) is 19.4. The number of halogens is 1. The molecule has 99 heavy (non-hydrogen) atoms. The van der Waals surface area contributed by atoms with Gasteiger partial charge in [-0.3, -0.25) is 25.0 Å². The number of thiazole rings is 1. The molecule has 0 aliphatic heterocycles. The van der Waals surface area contributed by atoms with Crippen LogP contribution in [0.1, 0.15) is 71.3 Å². The summed E-state index contributed by atoms with van der Waals surface area (Å²) in [5.41, 5.74) is 2.75. The predicted molar refractivity (Wildman–Crippen MR) is 378 cm³/mol. The number of phenols is 4. The SMILES string of the molecule is CCC(=O)Nc1cc(O)c(Cl)cc1N=Nc1nc(C)ns1.CCSc1nnc(N=Nc2cc(C#N)c(O)cc2NC(=O)OCC(C)C)s1.CCSc1nnc(N=Nc2cc(NC(C)=O)c(O)cc2NC(=O)Oc2ccccc2)s1.COC(=O)CCc1cc(O)ccc1N=Nc1nccs1. The van der Waals surface area contributed by atoms with Gasteiger partial charge in [-0.05, 0) is 84.9 Å². The number of hydrogen-bond donors (Lipinski definition) is 8. The Bertz CT molecular complexity index is 4380. The highest BCUT2D eigenvalue weighted by molar-refractivity contribution is 8.01. The van der Waals surface area contributed by atoms with Gasteiger partial charge in [0.1, 0.15) is 57.7 Å². The molecule has 0 bridgehead atoms. The van der Waals surface area contributed by atoms with Crippen molar-refractivity contribution in [2.45, 2.75) is 76.4 Å². The number of phenolic OH excluding ortho intramolecular Hbond substituents is 4. The van der Waals surface area contributed by atoms with Crippen LogP contribution in [0.2, 0.25) is 5.02 Å². The van der Waals surface area contributed by atoms with E-state index in [1.165, 1.54) is 114 Å². The Labute approximate surface area is 594 Å². The number of anilines is 4. The van der Waals surface area contributed by atoms with E-state index in [4.69, 9.17) is 26.3 Å². The molecule has 0 radical (unpaired) electrons. The molecule has 8 N–H and O–H groups in total. The molecule has 4 heterocycles. The Morgan fingerprint density at radius 2 is 1.25 bits per heavy atom. The number of rotatable bonds is 23. The number of amides is 4. The summed E-state index contributed by atoms with van der Waals surface area (Å²) in [6.45, 7) is 12.8. The van der Waals surface area contributed by atoms with Crippen LogP contribution in [-0.2, 0) is 30.3 Å². The Hall–Kier alpha value is -10.6. The number of azo groups is 4. The molecule has 0 aliphatic rings. The summed E-state index contributed by atoms with van der Waals surface area (Å²) in [5, 5.41) is 110. The third-order valence-corrected chi connectivity index (χ3v) is 16.7. The van der Waals surface area contributed by atoms with E-state index in [-0.39, 0.29) is 98.8 Å². The Morgan fingerprint density at radius 1 is 0.667 bits per heavy atom. The number of esters is 1. The van der Waals surface area contributed by atoms with Crippen molar-refractivity contribution in [2.24, 2.45) is 46.8 Å². The van der Waals surface area contributed by atoms with E-state index in [0.717, 1.165) is 37.3 Å². The molecule has 0 unspecified atom stereocenters. The molecule has 0 fully saturated rings. The van der Waals surface area contributed by atoms with Gasteiger partial charge in [0, 0.05) is 61.1 Å². The van der Waals surface area contributed by atoms with Gasteiger partial charge in [0.2, 0.25) is 22.1 Å². The van der Waals surface area contributed by atoms with Gasteiger partial charge in [-0.25, -0.2) is 19.6 Å². The molecular weight excluding hydrogens is 1420 g/mol. The van der Waals surface area contributed by atoms with Crippen molar-refractivity contribution in [3.05, 3.63) is 118 Å². The number of hydrogen-bond acceptors (Lipinski definition) is 34. The summed E-state index contributed by atoms with van der Waals surface area (Å²) in [5.74, 6) is 1.38. The summed E-state index contributed by atoms with van der Waals surface area (Å²) >= 11 is 13.9. The molecule has 39 heteroatoms. The second-order valence-corrected chi connectivity index (χ2v) is 26.4. The van der Waals surface area contributed by atoms with Crippen LogP contribution >= 0.6 is 80.7 Å². The number of benzene rings is 5. The zero-order chi connectivity index (χ0) is 71.8. The molecule has 5 aromatic carbocycles. The number of carbonyl (C=O) groups is 5. The van der Waals surface area contributed by atoms with Crippen LogP contribution in [0.25, 0.3) is 0 Å². The Morgan fingerprint density at radius 3 is 1.83 bits per heavy atom. The number of aromatic hydroxyl groups is 4. The van der Waals surface area contributed by atoms with E-state index in [2.05, 4.69) is 102 Å². The molecule has 0 atom stereocenters. The fraction of sp³-hybridized carbons (Fsp3) is 0.250. The third-order valence-electron chi connectivity index (χ3n) is 11.4. The standard InChI is InChI=1S/C19H18N6O4S2.C16H18N6O3S2.C13H13N3O3S.C12H12ClN5O2S/c1-3-30-19-25-24-17(31-19)23-22-14-9-15(20-11(2)26)16(27)10-13(14)21-18(28)29-12-7-5-4-6-8-12;1-4-26-16-22-21-14(27-16)20-19-12-5-10(7-17)13(23)6-11(12)18-15(24)25-8-9(2)3;1-19-12(18)5-2-9-8-10(17)3-4-11(9)15-16-13-14-6-7-20-13;1-3-11(20)15-8-5-10(19)7(13)4-9(8)16-17-12-14-6(2)18-21-12/h4-10,27H,3H2,1-2H3,(H,20,26)(H,21,28);5-6,9,23H,4,8H2,1-3H3,(H,18,24);3-4,6-8,17H,2,5H2,1H3;4-5,19H,3H2,1-2H3,(H,15,20). The molecule has 516 valence electrons. The van der Waals surface area contributed by atoms with Gasteiger partial charge in [-0.2, -0.15) is 9.64 Å². The summed E-state index contributed by atoms with van der Waals surface area (Å²) in [6.07, 6.45) is 1.12. The predicted octanol–water partition coefficient (Wildman–Crippen LogP) is 17.5. The zero-order valence-corrected chi connectivity index (χ0v) is 59.3. The molecule has 0 aliphatic carbocycles. The summed E-state index contributed by atoms with van der Waals surface area (Å²) in [4.78, 5) is 66.3. The number of nitriles is 1. The maximum atomic E-state index is 12.3. The molecule has 4 aromatic heterocycles. The van der Waals surface area contributed by atoms with Crippen molar-refractivity contribution >= 4 is 177 Å². The molecule has 9 aromatic rings. The van der Waals surface area contributed by atoms with Crippen LogP contribution in [-0.4, -0.2) is 110 Å². The minimum atomic E-state index is -0.785. The van der Waals surface area contributed by atoms with Gasteiger partial charge in [0.15, 0.2) is 8.68 Å². The molecule has 0 saturated carbocycles. The van der Waals surface area contributed by atoms with Crippen LogP contribution in [0, 0.1) is 24.2 Å². The lowest BCUT2D eigenvalue weighted by molar-refractivity contribution is -0.140. The summed E-state index contributed by atoms with van der Waals surface area (Å²) in [6, 6.07) is 23.0. The van der Waals surface area contributed by atoms with Crippen LogP contribution in [0.4, 0.5) is 75.6 Å². The minimum Gasteiger partial charge on any atom is -0.508 e. The highest BCUT2D eigenvalue weighted by Crippen LogP contribution is 2.40. The van der Waals surface area contributed by atoms with Crippen molar-refractivity contribution in [2.75, 3.05) is 46.5 Å². The number of aryl methyl sites for hydroxylation is 2. The van der Waals surface area contributed by atoms with Gasteiger partial charge in [0.25, 0.3) is 10.3 Å². The second kappa shape index (κ2) is 40.2. The number of ether oxygens (including phenoxy) is 3. The average molecular weight is 1480 g/mol. The van der Waals surface area contributed by atoms with E-state index in [0.29, 0.717) is 62.0 Å². The summed E-state index contributed by atoms with van der Waals surface area (Å²) < 4.78 is 20.4. The highest BCUT2D eigenvalue weighted by Gasteiger charge is 2.18. The van der Waals surface area contributed by atoms with Gasteiger partial charge in [-0.15, -0.1) is 72.6 Å². The van der Waals surface area contributed by atoms with Gasteiger partial charge >= 0.3 is 18.2 Å². The fourth-order valence-electron chi connectivity index (χ4n) is 7.03. The first-order valence-corrected chi connectivity index (χ1v) is 34.6. The van der Waals surface area contributed by atoms with E-state index >= 15 is 0 Å². The molecular formula is C60H61ClN20O12S6. The Kier molecular flexibility index (Phi) is 31.5. The van der Waals surface area contributed by atoms with E-state index < -0.39 is 12.2 Å². The first kappa shape index (κ1) is 77.4. The lowest BCUT2D eigenvalue weighted by Crippen LogP contribution is -2.17. The van der Waals surface area contributed by atoms with Crippen LogP contribution in [0.5, 0.6) is 28.7 Å². The van der Waals surface area contributed by atoms with Crippen LogP contribution in [0.15, 0.2) is 146 Å². The van der Waals surface area contributed by atoms with Crippen LogP contribution in [0.3, 0.4) is 0 Å². The van der Waals surface area contributed by atoms with E-state index in [1.54, 1.807) is 62.5 Å². The van der Waals surface area contributed by atoms with Gasteiger partial charge < -0.3 is 45.3 Å². The van der Waals surface area contributed by atoms with Crippen molar-refractivity contribution in [1.29, 1.82) is 5.26 Å². The van der Waals surface area contributed by atoms with Gasteiger partial charge in [-0.1, -0.05) is 111 Å². The topological polar surface area (TPSA) is 455 Å². The fourth-order valence-corrected chi connectivity index (χ4v) is 11.3. The number of methoxy groups -OCH3 is 1. The quantitative estimate of drug-likeness (QED) is 0.0128. The average Bonchev–Trinajstić information content (AvgIpc) is 1.72. The van der Waals surface area contributed by atoms with Gasteiger partial charge in [0.05, 0.1) is 52.7 Å². The molecule has 9 rings (SSSR count). The smallest absolute Gasteiger partial charge is 0.417 e. The molecule has 0 spiro atoms. The van der Waals surface area contributed by atoms with Crippen molar-refractivity contribution in [1.82, 2.24) is 34.7 Å². The number of nitrogens with zero attached hydrogens (tertiary/aromatic N) is 16. The van der Waals surface area contributed by atoms with Crippen molar-refractivity contribution < 1.29 is 58.6 Å². The first-order valence-electron chi connectivity index (χ1n) is 28.9. The number of thioether (sulfide) groups is 2. The Balaban J connectivity index is 0.000000211. The van der Waals surface area contributed by atoms with Crippen molar-refractivity contribution in [3.8, 4) is 34.8 Å². The monoisotopic (exact) mass is 1480 g/mol. The summed E-state index contributed by atoms with van der Waals surface area (Å²) in [7, 11) is 1.34. The van der Waals surface area contributed by atoms with E-state index in [1.807, 2.05) is 39.1 Å². The number of carbonyl (C=O) groups excluding carboxylic acids is 5. The molecule has 32 nitrogen and oxygen atoms in total. The van der Waals surface area contributed by atoms with E-state index in [9.17, 15) is 44.4 Å². The maximum Gasteiger partial charge on any atom is 0.417 e. The number of para-hydroxylation sites is 1.